The molecule has 4 saturated carbocycles. The summed E-state index contributed by atoms with van der Waals surface area (Å²) in [7, 11) is 0. The van der Waals surface area contributed by atoms with Crippen LogP contribution in [-0.2, 0) is 9.59 Å². The molecule has 1 saturated heterocycles. The van der Waals surface area contributed by atoms with E-state index in [0.29, 0.717) is 24.3 Å². The molecular weight excluding hydrogens is 444 g/mol. The summed E-state index contributed by atoms with van der Waals surface area (Å²) in [6, 6.07) is 7.88. The highest BCUT2D eigenvalue weighted by atomic mass is 32.2. The van der Waals surface area contributed by atoms with Crippen LogP contribution in [0.5, 0.6) is 0 Å². The second-order valence-corrected chi connectivity index (χ2v) is 12.2. The standard InChI is InChI=1S/C27H34N4O2S/c32-24(15-34-26-22-3-1-2-4-23(22)29-17-30-26)31-7-5-21(6-8-31)25(33)28-16-27-12-18-9-19(13-27)11-20(10-18)14-27/h1-4,17-21H,5-16H2,(H,28,33). The lowest BCUT2D eigenvalue weighted by Gasteiger charge is -2.57. The number of hydrogen-bond donors (Lipinski definition) is 1. The summed E-state index contributed by atoms with van der Waals surface area (Å²) in [4.78, 5) is 36.4. The van der Waals surface area contributed by atoms with Gasteiger partial charge in [0.25, 0.3) is 0 Å². The number of amides is 2. The number of fused-ring (bicyclic) bond motifs is 1. The fourth-order valence-corrected chi connectivity index (χ4v) is 8.53. The Morgan fingerprint density at radius 1 is 1.00 bits per heavy atom. The molecule has 7 heteroatoms. The Labute approximate surface area is 205 Å². The van der Waals surface area contributed by atoms with Gasteiger partial charge in [-0.2, -0.15) is 0 Å². The van der Waals surface area contributed by atoms with E-state index in [4.69, 9.17) is 0 Å². The van der Waals surface area contributed by atoms with Crippen molar-refractivity contribution in [3.05, 3.63) is 30.6 Å². The van der Waals surface area contributed by atoms with Gasteiger partial charge < -0.3 is 10.2 Å². The predicted octanol–water partition coefficient (Wildman–Crippen LogP) is 4.29. The normalized spacial score (nSPS) is 30.6. The van der Waals surface area contributed by atoms with Gasteiger partial charge in [0.2, 0.25) is 11.8 Å². The lowest BCUT2D eigenvalue weighted by molar-refractivity contribution is -0.134. The van der Waals surface area contributed by atoms with Crippen molar-refractivity contribution in [2.75, 3.05) is 25.4 Å². The number of piperidine rings is 1. The summed E-state index contributed by atoms with van der Waals surface area (Å²) in [6.07, 6.45) is 11.4. The number of hydrogen-bond acceptors (Lipinski definition) is 5. The van der Waals surface area contributed by atoms with Crippen molar-refractivity contribution in [1.82, 2.24) is 20.2 Å². The maximum absolute atomic E-state index is 13.0. The Bertz CT molecular complexity index is 1040. The van der Waals surface area contributed by atoms with Gasteiger partial charge in [0.1, 0.15) is 11.4 Å². The van der Waals surface area contributed by atoms with Crippen molar-refractivity contribution in [2.45, 2.75) is 56.4 Å². The van der Waals surface area contributed by atoms with Crippen LogP contribution in [0.15, 0.2) is 35.6 Å². The Kier molecular flexibility index (Phi) is 6.00. The van der Waals surface area contributed by atoms with Gasteiger partial charge in [-0.15, -0.1) is 0 Å². The van der Waals surface area contributed by atoms with Crippen molar-refractivity contribution in [3.8, 4) is 0 Å². The van der Waals surface area contributed by atoms with Crippen LogP contribution in [0.3, 0.4) is 0 Å². The number of benzene rings is 1. The minimum Gasteiger partial charge on any atom is -0.355 e. The molecule has 6 nitrogen and oxygen atoms in total. The van der Waals surface area contributed by atoms with Crippen LogP contribution >= 0.6 is 11.8 Å². The summed E-state index contributed by atoms with van der Waals surface area (Å²) >= 11 is 1.47. The van der Waals surface area contributed by atoms with Gasteiger partial charge >= 0.3 is 0 Å². The summed E-state index contributed by atoms with van der Waals surface area (Å²) < 4.78 is 0. The third-order valence-corrected chi connectivity index (χ3v) is 9.85. The first-order valence-corrected chi connectivity index (χ1v) is 13.9. The molecular formula is C27H34N4O2S. The predicted molar refractivity (Wildman–Crippen MR) is 133 cm³/mol. The molecule has 7 rings (SSSR count). The molecule has 2 heterocycles. The number of carbonyl (C=O) groups excluding carboxylic acids is 2. The summed E-state index contributed by atoms with van der Waals surface area (Å²) in [5, 5.41) is 5.19. The van der Waals surface area contributed by atoms with Gasteiger partial charge in [0, 0.05) is 30.9 Å². The van der Waals surface area contributed by atoms with E-state index in [9.17, 15) is 9.59 Å². The quantitative estimate of drug-likeness (QED) is 0.495. The minimum absolute atomic E-state index is 0.0384. The van der Waals surface area contributed by atoms with E-state index in [1.807, 2.05) is 29.2 Å². The second-order valence-electron chi connectivity index (χ2n) is 11.3. The average molecular weight is 479 g/mol. The number of rotatable bonds is 6. The number of aromatic nitrogens is 2. The number of carbonyl (C=O) groups is 2. The fourth-order valence-electron chi connectivity index (χ4n) is 7.63. The van der Waals surface area contributed by atoms with E-state index >= 15 is 0 Å². The van der Waals surface area contributed by atoms with Gasteiger partial charge in [-0.1, -0.05) is 30.0 Å². The first-order chi connectivity index (χ1) is 16.6. The topological polar surface area (TPSA) is 75.2 Å². The highest BCUT2D eigenvalue weighted by Gasteiger charge is 2.50. The van der Waals surface area contributed by atoms with Crippen molar-refractivity contribution in [1.29, 1.82) is 0 Å². The van der Waals surface area contributed by atoms with E-state index in [0.717, 1.165) is 53.1 Å². The molecule has 0 radical (unpaired) electrons. The molecule has 5 aliphatic rings. The van der Waals surface area contributed by atoms with Crippen LogP contribution in [0.25, 0.3) is 10.9 Å². The van der Waals surface area contributed by atoms with Crippen molar-refractivity contribution in [2.24, 2.45) is 29.1 Å². The molecule has 5 fully saturated rings. The first-order valence-electron chi connectivity index (χ1n) is 12.9. The molecule has 4 bridgehead atoms. The van der Waals surface area contributed by atoms with E-state index in [1.165, 1.54) is 50.3 Å². The Morgan fingerprint density at radius 2 is 1.68 bits per heavy atom. The third kappa shape index (κ3) is 4.43. The zero-order chi connectivity index (χ0) is 23.1. The van der Waals surface area contributed by atoms with E-state index in [-0.39, 0.29) is 17.7 Å². The highest BCUT2D eigenvalue weighted by molar-refractivity contribution is 8.00. The lowest BCUT2D eigenvalue weighted by Crippen LogP contribution is -2.52. The fraction of sp³-hybridized carbons (Fsp3) is 0.630. The number of nitrogens with zero attached hydrogens (tertiary/aromatic N) is 3. The van der Waals surface area contributed by atoms with Gasteiger partial charge in [0.15, 0.2) is 0 Å². The van der Waals surface area contributed by atoms with Crippen LogP contribution in [0, 0.1) is 29.1 Å². The highest BCUT2D eigenvalue weighted by Crippen LogP contribution is 2.59. The SMILES string of the molecule is O=C(NCC12CC3CC(CC(C3)C1)C2)C1CCN(C(=O)CSc2ncnc3ccccc23)CC1. The van der Waals surface area contributed by atoms with E-state index in [1.54, 1.807) is 6.33 Å². The van der Waals surface area contributed by atoms with Crippen LogP contribution in [0.4, 0.5) is 0 Å². The van der Waals surface area contributed by atoms with E-state index < -0.39 is 0 Å². The summed E-state index contributed by atoms with van der Waals surface area (Å²) in [5.74, 6) is 3.48. The summed E-state index contributed by atoms with van der Waals surface area (Å²) in [6.45, 7) is 2.21. The van der Waals surface area contributed by atoms with Crippen molar-refractivity contribution < 1.29 is 9.59 Å². The zero-order valence-corrected chi connectivity index (χ0v) is 20.6. The van der Waals surface area contributed by atoms with Gasteiger partial charge in [-0.25, -0.2) is 9.97 Å². The largest absolute Gasteiger partial charge is 0.355 e. The van der Waals surface area contributed by atoms with Crippen molar-refractivity contribution in [3.63, 3.8) is 0 Å². The molecule has 34 heavy (non-hydrogen) atoms. The molecule has 1 aromatic heterocycles. The Balaban J connectivity index is 0.974. The van der Waals surface area contributed by atoms with Gasteiger partial charge in [-0.3, -0.25) is 9.59 Å². The Morgan fingerprint density at radius 3 is 2.38 bits per heavy atom. The molecule has 2 aromatic rings. The first kappa shape index (κ1) is 22.3. The molecule has 0 unspecified atom stereocenters. The second kappa shape index (κ2) is 9.14. The molecule has 1 N–H and O–H groups in total. The average Bonchev–Trinajstić information content (AvgIpc) is 2.85. The summed E-state index contributed by atoms with van der Waals surface area (Å²) in [5.41, 5.74) is 1.27. The third-order valence-electron chi connectivity index (χ3n) is 8.86. The van der Waals surface area contributed by atoms with Crippen molar-refractivity contribution >= 4 is 34.5 Å². The van der Waals surface area contributed by atoms with Crippen LogP contribution in [-0.4, -0.2) is 52.1 Å². The van der Waals surface area contributed by atoms with Gasteiger partial charge in [-0.05, 0) is 80.6 Å². The van der Waals surface area contributed by atoms with Crippen LogP contribution < -0.4 is 5.32 Å². The molecule has 0 atom stereocenters. The molecule has 1 aliphatic heterocycles. The molecule has 2 amide bonds. The number of thioether (sulfide) groups is 1. The maximum atomic E-state index is 13.0. The zero-order valence-electron chi connectivity index (χ0n) is 19.7. The van der Waals surface area contributed by atoms with E-state index in [2.05, 4.69) is 15.3 Å². The minimum atomic E-state index is 0.0384. The maximum Gasteiger partial charge on any atom is 0.232 e. The molecule has 4 aliphatic carbocycles. The van der Waals surface area contributed by atoms with Crippen LogP contribution in [0.2, 0.25) is 0 Å². The molecule has 1 aromatic carbocycles. The molecule has 180 valence electrons. The number of para-hydroxylation sites is 1. The van der Waals surface area contributed by atoms with Gasteiger partial charge in [0.05, 0.1) is 11.3 Å². The lowest BCUT2D eigenvalue weighted by atomic mass is 9.49. The monoisotopic (exact) mass is 478 g/mol. The smallest absolute Gasteiger partial charge is 0.232 e. The molecule has 0 spiro atoms. The number of nitrogens with one attached hydrogen (secondary N) is 1. The Hall–Kier alpha value is -2.15. The van der Waals surface area contributed by atoms with Crippen LogP contribution in [0.1, 0.15) is 51.4 Å². The number of likely N-dealkylation sites (tertiary alicyclic amines) is 1.